The van der Waals surface area contributed by atoms with Crippen LogP contribution in [-0.2, 0) is 9.59 Å². The molecule has 0 aromatic heterocycles. The number of rotatable bonds is 8. The first-order valence-corrected chi connectivity index (χ1v) is 7.68. The quantitative estimate of drug-likeness (QED) is 0.610. The molecule has 6 nitrogen and oxygen atoms in total. The van der Waals surface area contributed by atoms with E-state index in [9.17, 15) is 9.59 Å². The van der Waals surface area contributed by atoms with Crippen LogP contribution >= 0.6 is 0 Å². The van der Waals surface area contributed by atoms with E-state index in [4.69, 9.17) is 0 Å². The lowest BCUT2D eigenvalue weighted by Crippen LogP contribution is -2.51. The monoisotopic (exact) mass is 296 g/mol. The molecule has 21 heavy (non-hydrogen) atoms. The Kier molecular flexibility index (Phi) is 8.00. The Balaban J connectivity index is 2.26. The summed E-state index contributed by atoms with van der Waals surface area (Å²) in [6.45, 7) is 12.3. The summed E-state index contributed by atoms with van der Waals surface area (Å²) in [5.41, 5.74) is 0. The van der Waals surface area contributed by atoms with Crippen molar-refractivity contribution in [1.29, 1.82) is 0 Å². The van der Waals surface area contributed by atoms with Crippen LogP contribution in [0.15, 0.2) is 12.7 Å². The number of piperazine rings is 1. The third-order valence-corrected chi connectivity index (χ3v) is 3.57. The van der Waals surface area contributed by atoms with Crippen molar-refractivity contribution in [2.75, 3.05) is 45.8 Å². The molecule has 0 saturated carbocycles. The van der Waals surface area contributed by atoms with Crippen LogP contribution < -0.4 is 10.6 Å². The zero-order valence-corrected chi connectivity index (χ0v) is 13.2. The summed E-state index contributed by atoms with van der Waals surface area (Å²) in [4.78, 5) is 27.7. The fourth-order valence-electron chi connectivity index (χ4n) is 2.41. The molecule has 1 aliphatic rings. The molecule has 0 radical (unpaired) electrons. The van der Waals surface area contributed by atoms with Gasteiger partial charge in [0, 0.05) is 45.2 Å². The highest BCUT2D eigenvalue weighted by atomic mass is 16.2. The van der Waals surface area contributed by atoms with Crippen LogP contribution in [0.1, 0.15) is 20.3 Å². The number of amides is 2. The maximum absolute atomic E-state index is 12.1. The Morgan fingerprint density at radius 3 is 2.52 bits per heavy atom. The molecule has 1 aliphatic heterocycles. The molecule has 1 heterocycles. The summed E-state index contributed by atoms with van der Waals surface area (Å²) in [6.07, 6.45) is 2.20. The highest BCUT2D eigenvalue weighted by Crippen LogP contribution is 2.05. The highest BCUT2D eigenvalue weighted by molar-refractivity contribution is 5.78. The number of hydrogen-bond acceptors (Lipinski definition) is 4. The van der Waals surface area contributed by atoms with Crippen LogP contribution in [0.2, 0.25) is 0 Å². The lowest BCUT2D eigenvalue weighted by atomic mass is 10.2. The van der Waals surface area contributed by atoms with Gasteiger partial charge in [0.1, 0.15) is 0 Å². The topological polar surface area (TPSA) is 64.7 Å². The lowest BCUT2D eigenvalue weighted by molar-refractivity contribution is -0.133. The summed E-state index contributed by atoms with van der Waals surface area (Å²) in [5.74, 6) is 0.203. The zero-order chi connectivity index (χ0) is 15.7. The maximum atomic E-state index is 12.1. The van der Waals surface area contributed by atoms with E-state index in [1.807, 2.05) is 18.7 Å². The second-order valence-electron chi connectivity index (χ2n) is 5.41. The van der Waals surface area contributed by atoms with Crippen LogP contribution in [0.5, 0.6) is 0 Å². The Hall–Kier alpha value is -1.40. The van der Waals surface area contributed by atoms with Gasteiger partial charge in [-0.1, -0.05) is 13.0 Å². The number of carbonyl (C=O) groups excluding carboxylic acids is 2. The molecule has 1 rings (SSSR count). The summed E-state index contributed by atoms with van der Waals surface area (Å²) in [5, 5.41) is 6.02. The molecular weight excluding hydrogens is 268 g/mol. The first-order valence-electron chi connectivity index (χ1n) is 7.68. The van der Waals surface area contributed by atoms with E-state index in [1.165, 1.54) is 0 Å². The number of nitrogens with zero attached hydrogens (tertiary/aromatic N) is 2. The Morgan fingerprint density at radius 2 is 1.95 bits per heavy atom. The lowest BCUT2D eigenvalue weighted by Gasteiger charge is -2.34. The summed E-state index contributed by atoms with van der Waals surface area (Å²) in [6, 6.07) is 0.213. The Labute approximate surface area is 127 Å². The van der Waals surface area contributed by atoms with Crippen LogP contribution in [0, 0.1) is 0 Å². The molecule has 2 N–H and O–H groups in total. The summed E-state index contributed by atoms with van der Waals surface area (Å²) < 4.78 is 0. The number of carbonyl (C=O) groups is 2. The van der Waals surface area contributed by atoms with Gasteiger partial charge in [-0.2, -0.15) is 0 Å². The van der Waals surface area contributed by atoms with E-state index in [-0.39, 0.29) is 17.9 Å². The second-order valence-corrected chi connectivity index (χ2v) is 5.41. The largest absolute Gasteiger partial charge is 0.352 e. The van der Waals surface area contributed by atoms with E-state index in [2.05, 4.69) is 22.1 Å². The van der Waals surface area contributed by atoms with Crippen molar-refractivity contribution in [2.24, 2.45) is 0 Å². The molecule has 0 spiro atoms. The van der Waals surface area contributed by atoms with E-state index >= 15 is 0 Å². The predicted molar refractivity (Wildman–Crippen MR) is 84.0 cm³/mol. The van der Waals surface area contributed by atoms with Gasteiger partial charge in [0.05, 0.1) is 6.54 Å². The molecule has 1 unspecified atom stereocenters. The highest BCUT2D eigenvalue weighted by Gasteiger charge is 2.23. The molecule has 0 aliphatic carbocycles. The number of nitrogens with one attached hydrogen (secondary N) is 2. The Bertz CT molecular complexity index is 352. The van der Waals surface area contributed by atoms with E-state index in [0.29, 0.717) is 32.6 Å². The van der Waals surface area contributed by atoms with Gasteiger partial charge in [-0.25, -0.2) is 0 Å². The molecule has 6 heteroatoms. The maximum Gasteiger partial charge on any atom is 0.234 e. The van der Waals surface area contributed by atoms with Crippen molar-refractivity contribution in [3.8, 4) is 0 Å². The summed E-state index contributed by atoms with van der Waals surface area (Å²) >= 11 is 0. The van der Waals surface area contributed by atoms with Gasteiger partial charge in [0.25, 0.3) is 0 Å². The minimum Gasteiger partial charge on any atom is -0.352 e. The van der Waals surface area contributed by atoms with Crippen molar-refractivity contribution in [1.82, 2.24) is 20.4 Å². The van der Waals surface area contributed by atoms with Crippen LogP contribution in [0.3, 0.4) is 0 Å². The fraction of sp³-hybridized carbons (Fsp3) is 0.733. The molecule has 1 saturated heterocycles. The smallest absolute Gasteiger partial charge is 0.234 e. The van der Waals surface area contributed by atoms with Gasteiger partial charge in [0.15, 0.2) is 0 Å². The molecule has 0 bridgehead atoms. The average Bonchev–Trinajstić information content (AvgIpc) is 2.46. The molecule has 0 aromatic rings. The Morgan fingerprint density at radius 1 is 1.29 bits per heavy atom. The fourth-order valence-corrected chi connectivity index (χ4v) is 2.41. The third-order valence-electron chi connectivity index (χ3n) is 3.57. The second kappa shape index (κ2) is 9.52. The standard InChI is InChI=1S/C15H28N4O2/c1-4-6-17-14(20)12-18-7-9-19(10-8-18)15(21)11-13(3)16-5-2/h4,13,16H,1,5-12H2,2-3H3,(H,17,20). The van der Waals surface area contributed by atoms with E-state index in [0.717, 1.165) is 19.6 Å². The van der Waals surface area contributed by atoms with E-state index < -0.39 is 0 Å². The van der Waals surface area contributed by atoms with Crippen LogP contribution in [-0.4, -0.2) is 73.5 Å². The molecule has 2 amide bonds. The van der Waals surface area contributed by atoms with Crippen molar-refractivity contribution >= 4 is 11.8 Å². The van der Waals surface area contributed by atoms with Gasteiger partial charge in [-0.3, -0.25) is 14.5 Å². The van der Waals surface area contributed by atoms with Crippen molar-refractivity contribution < 1.29 is 9.59 Å². The molecule has 1 atom stereocenters. The van der Waals surface area contributed by atoms with Crippen LogP contribution in [0.4, 0.5) is 0 Å². The minimum atomic E-state index is 0.00967. The van der Waals surface area contributed by atoms with Crippen molar-refractivity contribution in [3.05, 3.63) is 12.7 Å². The number of hydrogen-bond donors (Lipinski definition) is 2. The van der Waals surface area contributed by atoms with Gasteiger partial charge in [0.2, 0.25) is 11.8 Å². The van der Waals surface area contributed by atoms with Gasteiger partial charge < -0.3 is 15.5 Å². The average molecular weight is 296 g/mol. The van der Waals surface area contributed by atoms with Crippen molar-refractivity contribution in [3.63, 3.8) is 0 Å². The van der Waals surface area contributed by atoms with Gasteiger partial charge in [-0.05, 0) is 13.5 Å². The first kappa shape index (κ1) is 17.7. The summed E-state index contributed by atoms with van der Waals surface area (Å²) in [7, 11) is 0. The molecule has 0 aromatic carbocycles. The molecular formula is C15H28N4O2. The first-order chi connectivity index (χ1) is 10.1. The molecule has 120 valence electrons. The van der Waals surface area contributed by atoms with Gasteiger partial charge in [-0.15, -0.1) is 6.58 Å². The zero-order valence-electron chi connectivity index (χ0n) is 13.2. The van der Waals surface area contributed by atoms with E-state index in [1.54, 1.807) is 6.08 Å². The normalized spacial score (nSPS) is 17.3. The molecule has 1 fully saturated rings. The SMILES string of the molecule is C=CCNC(=O)CN1CCN(C(=O)CC(C)NCC)CC1. The third kappa shape index (κ3) is 6.73. The van der Waals surface area contributed by atoms with Crippen molar-refractivity contribution in [2.45, 2.75) is 26.3 Å². The van der Waals surface area contributed by atoms with Crippen LogP contribution in [0.25, 0.3) is 0 Å². The minimum absolute atomic E-state index is 0.00967. The predicted octanol–water partition coefficient (Wildman–Crippen LogP) is -0.179. The van der Waals surface area contributed by atoms with Gasteiger partial charge >= 0.3 is 0 Å².